The SMILES string of the molecule is CC(C)n1cnnc1-c1cccc(N2Cc3cc(Br)ccc3C2=O)n1. The summed E-state index contributed by atoms with van der Waals surface area (Å²) in [7, 11) is 0. The van der Waals surface area contributed by atoms with Gasteiger partial charge in [0.15, 0.2) is 5.82 Å². The zero-order chi connectivity index (χ0) is 17.6. The van der Waals surface area contributed by atoms with E-state index in [0.717, 1.165) is 15.6 Å². The summed E-state index contributed by atoms with van der Waals surface area (Å²) in [6.07, 6.45) is 1.70. The predicted octanol–water partition coefficient (Wildman–Crippen LogP) is 3.84. The lowest BCUT2D eigenvalue weighted by atomic mass is 10.1. The highest BCUT2D eigenvalue weighted by molar-refractivity contribution is 9.10. The Morgan fingerprint density at radius 2 is 2.04 bits per heavy atom. The topological polar surface area (TPSA) is 63.9 Å². The summed E-state index contributed by atoms with van der Waals surface area (Å²) in [5.74, 6) is 1.29. The van der Waals surface area contributed by atoms with Gasteiger partial charge in [0, 0.05) is 16.1 Å². The van der Waals surface area contributed by atoms with Gasteiger partial charge >= 0.3 is 0 Å². The molecule has 6 nitrogen and oxygen atoms in total. The third-order valence-corrected chi connectivity index (χ3v) is 4.73. The maximum absolute atomic E-state index is 12.7. The van der Waals surface area contributed by atoms with Crippen molar-refractivity contribution in [1.29, 1.82) is 0 Å². The molecule has 0 N–H and O–H groups in total. The lowest BCUT2D eigenvalue weighted by Crippen LogP contribution is -2.24. The number of fused-ring (bicyclic) bond motifs is 1. The zero-order valence-corrected chi connectivity index (χ0v) is 15.4. The van der Waals surface area contributed by atoms with E-state index in [4.69, 9.17) is 0 Å². The Kier molecular flexibility index (Phi) is 3.88. The molecule has 3 aromatic rings. The summed E-state index contributed by atoms with van der Waals surface area (Å²) >= 11 is 3.46. The summed E-state index contributed by atoms with van der Waals surface area (Å²) in [5.41, 5.74) is 2.42. The lowest BCUT2D eigenvalue weighted by Gasteiger charge is -2.16. The molecule has 7 heteroatoms. The molecule has 1 aliphatic rings. The van der Waals surface area contributed by atoms with Crippen LogP contribution in [0.5, 0.6) is 0 Å². The van der Waals surface area contributed by atoms with Crippen molar-refractivity contribution in [2.24, 2.45) is 0 Å². The van der Waals surface area contributed by atoms with Crippen LogP contribution in [-0.4, -0.2) is 25.7 Å². The first-order chi connectivity index (χ1) is 12.0. The van der Waals surface area contributed by atoms with Gasteiger partial charge in [-0.3, -0.25) is 9.69 Å². The fourth-order valence-corrected chi connectivity index (χ4v) is 3.38. The minimum atomic E-state index is -0.0301. The minimum absolute atomic E-state index is 0.0301. The highest BCUT2D eigenvalue weighted by Crippen LogP contribution is 2.30. The van der Waals surface area contributed by atoms with Gasteiger partial charge in [-0.15, -0.1) is 10.2 Å². The third-order valence-electron chi connectivity index (χ3n) is 4.24. The summed E-state index contributed by atoms with van der Waals surface area (Å²) < 4.78 is 2.93. The Morgan fingerprint density at radius 3 is 2.84 bits per heavy atom. The van der Waals surface area contributed by atoms with Gasteiger partial charge in [-0.05, 0) is 49.7 Å². The van der Waals surface area contributed by atoms with Gasteiger partial charge in [0.1, 0.15) is 17.8 Å². The number of hydrogen-bond acceptors (Lipinski definition) is 4. The van der Waals surface area contributed by atoms with E-state index in [1.54, 1.807) is 11.2 Å². The van der Waals surface area contributed by atoms with Crippen molar-refractivity contribution < 1.29 is 4.79 Å². The highest BCUT2D eigenvalue weighted by atomic mass is 79.9. The second kappa shape index (κ2) is 6.07. The van der Waals surface area contributed by atoms with Crippen molar-refractivity contribution >= 4 is 27.7 Å². The number of carbonyl (C=O) groups excluding carboxylic acids is 1. The van der Waals surface area contributed by atoms with Crippen LogP contribution < -0.4 is 4.90 Å². The second-order valence-corrected chi connectivity index (χ2v) is 7.15. The van der Waals surface area contributed by atoms with Crippen molar-refractivity contribution in [2.45, 2.75) is 26.4 Å². The molecule has 0 saturated heterocycles. The number of nitrogens with zero attached hydrogens (tertiary/aromatic N) is 5. The van der Waals surface area contributed by atoms with Crippen LogP contribution in [0, 0.1) is 0 Å². The molecule has 0 unspecified atom stereocenters. The fourth-order valence-electron chi connectivity index (χ4n) is 2.98. The molecular formula is C18H16BrN5O. The maximum Gasteiger partial charge on any atom is 0.260 e. The lowest BCUT2D eigenvalue weighted by molar-refractivity contribution is 0.0996. The molecule has 126 valence electrons. The van der Waals surface area contributed by atoms with Gasteiger partial charge < -0.3 is 4.57 Å². The smallest absolute Gasteiger partial charge is 0.260 e. The van der Waals surface area contributed by atoms with Crippen LogP contribution in [0.4, 0.5) is 5.82 Å². The molecular weight excluding hydrogens is 382 g/mol. The van der Waals surface area contributed by atoms with Crippen LogP contribution in [-0.2, 0) is 6.54 Å². The number of amides is 1. The Bertz CT molecular complexity index is 966. The van der Waals surface area contributed by atoms with Gasteiger partial charge in [-0.25, -0.2) is 4.98 Å². The van der Waals surface area contributed by atoms with E-state index in [2.05, 4.69) is 45.0 Å². The van der Waals surface area contributed by atoms with Crippen LogP contribution >= 0.6 is 15.9 Å². The molecule has 0 spiro atoms. The monoisotopic (exact) mass is 397 g/mol. The maximum atomic E-state index is 12.7. The number of aromatic nitrogens is 4. The molecule has 4 rings (SSSR count). The van der Waals surface area contributed by atoms with Crippen LogP contribution in [0.3, 0.4) is 0 Å². The van der Waals surface area contributed by atoms with Gasteiger partial charge in [-0.2, -0.15) is 0 Å². The zero-order valence-electron chi connectivity index (χ0n) is 13.8. The molecule has 1 aromatic carbocycles. The average Bonchev–Trinajstić information content (AvgIpc) is 3.20. The number of hydrogen-bond donors (Lipinski definition) is 0. The van der Waals surface area contributed by atoms with Crippen LogP contribution in [0.1, 0.15) is 35.8 Å². The summed E-state index contributed by atoms with van der Waals surface area (Å²) in [6.45, 7) is 4.64. The molecule has 0 fully saturated rings. The normalized spacial score (nSPS) is 13.6. The minimum Gasteiger partial charge on any atom is -0.310 e. The van der Waals surface area contributed by atoms with Crippen LogP contribution in [0.15, 0.2) is 47.2 Å². The molecule has 0 atom stereocenters. The molecule has 3 heterocycles. The van der Waals surface area contributed by atoms with E-state index in [9.17, 15) is 4.79 Å². The standard InChI is InChI=1S/C18H16BrN5O/c1-11(2)24-10-20-22-17(24)15-4-3-5-16(21-15)23-9-12-8-13(19)6-7-14(12)18(23)25/h3-8,10-11H,9H2,1-2H3. The van der Waals surface area contributed by atoms with E-state index in [-0.39, 0.29) is 11.9 Å². The van der Waals surface area contributed by atoms with Crippen molar-refractivity contribution in [3.63, 3.8) is 0 Å². The Morgan fingerprint density at radius 1 is 1.20 bits per heavy atom. The number of carbonyl (C=O) groups is 1. The van der Waals surface area contributed by atoms with E-state index in [1.807, 2.05) is 41.0 Å². The van der Waals surface area contributed by atoms with E-state index >= 15 is 0 Å². The second-order valence-electron chi connectivity index (χ2n) is 6.23. The van der Waals surface area contributed by atoms with Crippen molar-refractivity contribution in [2.75, 3.05) is 4.90 Å². The predicted molar refractivity (Wildman–Crippen MR) is 98.3 cm³/mol. The molecule has 0 radical (unpaired) electrons. The van der Waals surface area contributed by atoms with Crippen LogP contribution in [0.2, 0.25) is 0 Å². The summed E-state index contributed by atoms with van der Waals surface area (Å²) in [5, 5.41) is 8.18. The molecule has 0 aliphatic carbocycles. The first-order valence-corrected chi connectivity index (χ1v) is 8.81. The first-order valence-electron chi connectivity index (χ1n) is 8.02. The van der Waals surface area contributed by atoms with Crippen molar-refractivity contribution in [3.05, 3.63) is 58.3 Å². The van der Waals surface area contributed by atoms with Gasteiger partial charge in [0.2, 0.25) is 0 Å². The van der Waals surface area contributed by atoms with Gasteiger partial charge in [0.25, 0.3) is 5.91 Å². The molecule has 25 heavy (non-hydrogen) atoms. The fraction of sp³-hybridized carbons (Fsp3) is 0.222. The number of halogens is 1. The Hall–Kier alpha value is -2.54. The number of benzene rings is 1. The van der Waals surface area contributed by atoms with E-state index in [0.29, 0.717) is 23.9 Å². The molecule has 1 amide bonds. The largest absolute Gasteiger partial charge is 0.310 e. The number of rotatable bonds is 3. The first kappa shape index (κ1) is 16.0. The highest BCUT2D eigenvalue weighted by Gasteiger charge is 2.29. The molecule has 0 saturated carbocycles. The summed E-state index contributed by atoms with van der Waals surface area (Å²) in [6, 6.07) is 11.6. The Balaban J connectivity index is 1.71. The average molecular weight is 398 g/mol. The van der Waals surface area contributed by atoms with Crippen LogP contribution in [0.25, 0.3) is 11.5 Å². The van der Waals surface area contributed by atoms with E-state index < -0.39 is 0 Å². The molecule has 1 aliphatic heterocycles. The van der Waals surface area contributed by atoms with E-state index in [1.165, 1.54) is 0 Å². The number of anilines is 1. The van der Waals surface area contributed by atoms with Gasteiger partial charge in [-0.1, -0.05) is 22.0 Å². The quantitative estimate of drug-likeness (QED) is 0.673. The third kappa shape index (κ3) is 2.74. The van der Waals surface area contributed by atoms with Gasteiger partial charge in [0.05, 0.1) is 6.54 Å². The molecule has 2 aromatic heterocycles. The van der Waals surface area contributed by atoms with Crippen molar-refractivity contribution in [3.8, 4) is 11.5 Å². The Labute approximate surface area is 153 Å². The summed E-state index contributed by atoms with van der Waals surface area (Å²) in [4.78, 5) is 19.1. The van der Waals surface area contributed by atoms with Crippen molar-refractivity contribution in [1.82, 2.24) is 19.7 Å². The molecule has 0 bridgehead atoms. The number of pyridine rings is 1.